The first kappa shape index (κ1) is 17.9. The van der Waals surface area contributed by atoms with E-state index in [0.29, 0.717) is 5.95 Å². The molecule has 0 unspecified atom stereocenters. The highest BCUT2D eigenvalue weighted by Gasteiger charge is 2.10. The second-order valence-electron chi connectivity index (χ2n) is 6.14. The lowest BCUT2D eigenvalue weighted by Gasteiger charge is -2.26. The van der Waals surface area contributed by atoms with E-state index in [1.54, 1.807) is 0 Å². The van der Waals surface area contributed by atoms with Crippen LogP contribution in [0, 0.1) is 13.8 Å². The van der Waals surface area contributed by atoms with E-state index in [0.717, 1.165) is 67.2 Å². The summed E-state index contributed by atoms with van der Waals surface area (Å²) in [6, 6.07) is 7.72. The Morgan fingerprint density at radius 1 is 1.20 bits per heavy atom. The van der Waals surface area contributed by atoms with Crippen molar-refractivity contribution in [2.45, 2.75) is 13.8 Å². The van der Waals surface area contributed by atoms with Crippen molar-refractivity contribution < 1.29 is 4.74 Å². The Morgan fingerprint density at radius 2 is 2.00 bits per heavy atom. The van der Waals surface area contributed by atoms with Crippen LogP contribution in [0.25, 0.3) is 0 Å². The first-order valence-electron chi connectivity index (χ1n) is 8.53. The molecule has 0 radical (unpaired) electrons. The van der Waals surface area contributed by atoms with Gasteiger partial charge in [0, 0.05) is 48.6 Å². The molecule has 2 N–H and O–H groups in total. The molecule has 1 aromatic heterocycles. The molecule has 0 spiro atoms. The smallest absolute Gasteiger partial charge is 0.224 e. The Balaban J connectivity index is 1.62. The topological polar surface area (TPSA) is 62.3 Å². The number of nitrogens with one attached hydrogen (secondary N) is 2. The van der Waals surface area contributed by atoms with E-state index in [2.05, 4.69) is 25.5 Å². The largest absolute Gasteiger partial charge is 0.379 e. The van der Waals surface area contributed by atoms with Gasteiger partial charge in [-0.2, -0.15) is 4.98 Å². The summed E-state index contributed by atoms with van der Waals surface area (Å²) in [5.41, 5.74) is 2.86. The van der Waals surface area contributed by atoms with E-state index in [9.17, 15) is 0 Å². The van der Waals surface area contributed by atoms with Crippen molar-refractivity contribution in [1.29, 1.82) is 0 Å². The van der Waals surface area contributed by atoms with E-state index >= 15 is 0 Å². The van der Waals surface area contributed by atoms with Crippen molar-refractivity contribution in [2.75, 3.05) is 50.0 Å². The summed E-state index contributed by atoms with van der Waals surface area (Å²) in [4.78, 5) is 11.4. The Morgan fingerprint density at radius 3 is 2.80 bits per heavy atom. The minimum atomic E-state index is 0.635. The molecule has 0 atom stereocenters. The molecule has 0 saturated carbocycles. The SMILES string of the molecule is Cc1cc(Nc2cccc(Cl)c2C)nc(NCCN2CCOCC2)n1. The van der Waals surface area contributed by atoms with Crippen LogP contribution >= 0.6 is 11.6 Å². The van der Waals surface area contributed by atoms with Crippen molar-refractivity contribution in [3.05, 3.63) is 40.5 Å². The van der Waals surface area contributed by atoms with E-state index in [1.165, 1.54) is 0 Å². The molecule has 0 bridgehead atoms. The summed E-state index contributed by atoms with van der Waals surface area (Å²) < 4.78 is 5.37. The van der Waals surface area contributed by atoms with Gasteiger partial charge in [0.1, 0.15) is 5.82 Å². The summed E-state index contributed by atoms with van der Waals surface area (Å²) in [5, 5.41) is 7.38. The maximum atomic E-state index is 6.19. The number of aromatic nitrogens is 2. The number of aryl methyl sites for hydroxylation is 1. The standard InChI is InChI=1S/C18H24ClN5O/c1-13-12-17(22-16-5-3-4-15(19)14(16)2)23-18(21-13)20-6-7-24-8-10-25-11-9-24/h3-5,12H,6-11H2,1-2H3,(H2,20,21,22,23). The van der Waals surface area contributed by atoms with Gasteiger partial charge in [-0.05, 0) is 31.5 Å². The first-order valence-corrected chi connectivity index (χ1v) is 8.91. The van der Waals surface area contributed by atoms with E-state index < -0.39 is 0 Å². The van der Waals surface area contributed by atoms with Crippen molar-refractivity contribution in [3.63, 3.8) is 0 Å². The minimum absolute atomic E-state index is 0.635. The van der Waals surface area contributed by atoms with Crippen molar-refractivity contribution in [1.82, 2.24) is 14.9 Å². The zero-order valence-corrected chi connectivity index (χ0v) is 15.4. The van der Waals surface area contributed by atoms with Gasteiger partial charge in [0.25, 0.3) is 0 Å². The number of hydrogen-bond donors (Lipinski definition) is 2. The molecule has 1 aliphatic heterocycles. The van der Waals surface area contributed by atoms with Gasteiger partial charge in [-0.3, -0.25) is 4.90 Å². The average Bonchev–Trinajstić information content (AvgIpc) is 2.59. The molecule has 6 nitrogen and oxygen atoms in total. The maximum Gasteiger partial charge on any atom is 0.224 e. The van der Waals surface area contributed by atoms with Crippen LogP contribution in [0.5, 0.6) is 0 Å². The fourth-order valence-electron chi connectivity index (χ4n) is 2.74. The fraction of sp³-hybridized carbons (Fsp3) is 0.444. The molecule has 1 aromatic carbocycles. The average molecular weight is 362 g/mol. The van der Waals surface area contributed by atoms with Crippen LogP contribution in [0.3, 0.4) is 0 Å². The van der Waals surface area contributed by atoms with Gasteiger partial charge < -0.3 is 15.4 Å². The molecule has 0 aliphatic carbocycles. The second-order valence-corrected chi connectivity index (χ2v) is 6.54. The molecule has 1 aliphatic rings. The molecule has 3 rings (SSSR count). The zero-order chi connectivity index (χ0) is 17.6. The highest BCUT2D eigenvalue weighted by atomic mass is 35.5. The van der Waals surface area contributed by atoms with Crippen LogP contribution in [-0.4, -0.2) is 54.3 Å². The number of anilines is 3. The van der Waals surface area contributed by atoms with E-state index in [1.807, 2.05) is 38.1 Å². The molecule has 134 valence electrons. The Hall–Kier alpha value is -1.89. The first-order chi connectivity index (χ1) is 12.1. The second kappa shape index (κ2) is 8.47. The van der Waals surface area contributed by atoms with Crippen LogP contribution in [0.15, 0.2) is 24.3 Å². The predicted octanol–water partition coefficient (Wildman–Crippen LogP) is 3.23. The lowest BCUT2D eigenvalue weighted by molar-refractivity contribution is 0.0398. The summed E-state index contributed by atoms with van der Waals surface area (Å²) in [6.45, 7) is 9.30. The number of ether oxygens (including phenoxy) is 1. The van der Waals surface area contributed by atoms with E-state index in [4.69, 9.17) is 16.3 Å². The Kier molecular flexibility index (Phi) is 6.07. The van der Waals surface area contributed by atoms with Crippen LogP contribution in [-0.2, 0) is 4.74 Å². The monoisotopic (exact) mass is 361 g/mol. The molecule has 2 aromatic rings. The highest BCUT2D eigenvalue weighted by molar-refractivity contribution is 6.31. The van der Waals surface area contributed by atoms with E-state index in [-0.39, 0.29) is 0 Å². The fourth-order valence-corrected chi connectivity index (χ4v) is 2.92. The van der Waals surface area contributed by atoms with Crippen LogP contribution < -0.4 is 10.6 Å². The molecule has 1 fully saturated rings. The summed E-state index contributed by atoms with van der Waals surface area (Å²) >= 11 is 6.19. The number of halogens is 1. The van der Waals surface area contributed by atoms with Gasteiger partial charge in [0.15, 0.2) is 0 Å². The van der Waals surface area contributed by atoms with Crippen molar-refractivity contribution in [2.24, 2.45) is 0 Å². The van der Waals surface area contributed by atoms with Crippen LogP contribution in [0.2, 0.25) is 5.02 Å². The van der Waals surface area contributed by atoms with Gasteiger partial charge in [-0.1, -0.05) is 17.7 Å². The summed E-state index contributed by atoms with van der Waals surface area (Å²) in [7, 11) is 0. The number of rotatable bonds is 6. The van der Waals surface area contributed by atoms with Crippen LogP contribution in [0.1, 0.15) is 11.3 Å². The van der Waals surface area contributed by atoms with Gasteiger partial charge in [0.05, 0.1) is 13.2 Å². The van der Waals surface area contributed by atoms with Gasteiger partial charge >= 0.3 is 0 Å². The van der Waals surface area contributed by atoms with Gasteiger partial charge in [-0.15, -0.1) is 0 Å². The summed E-state index contributed by atoms with van der Waals surface area (Å²) in [6.07, 6.45) is 0. The third-order valence-electron chi connectivity index (χ3n) is 4.20. The van der Waals surface area contributed by atoms with Gasteiger partial charge in [-0.25, -0.2) is 4.98 Å². The normalized spacial score (nSPS) is 15.2. The third-order valence-corrected chi connectivity index (χ3v) is 4.61. The molecule has 0 amide bonds. The molecule has 7 heteroatoms. The minimum Gasteiger partial charge on any atom is -0.379 e. The Labute approximate surface area is 153 Å². The molecule has 1 saturated heterocycles. The number of hydrogen-bond acceptors (Lipinski definition) is 6. The zero-order valence-electron chi connectivity index (χ0n) is 14.7. The quantitative estimate of drug-likeness (QED) is 0.823. The highest BCUT2D eigenvalue weighted by Crippen LogP contribution is 2.25. The van der Waals surface area contributed by atoms with Gasteiger partial charge in [0.2, 0.25) is 5.95 Å². The molecule has 25 heavy (non-hydrogen) atoms. The number of nitrogens with zero attached hydrogens (tertiary/aromatic N) is 3. The number of benzene rings is 1. The number of morpholine rings is 1. The van der Waals surface area contributed by atoms with Crippen LogP contribution in [0.4, 0.5) is 17.5 Å². The molecular weight excluding hydrogens is 338 g/mol. The summed E-state index contributed by atoms with van der Waals surface area (Å²) in [5.74, 6) is 1.39. The van der Waals surface area contributed by atoms with Crippen molar-refractivity contribution >= 4 is 29.1 Å². The molecule has 2 heterocycles. The maximum absolute atomic E-state index is 6.19. The van der Waals surface area contributed by atoms with Crippen molar-refractivity contribution in [3.8, 4) is 0 Å². The predicted molar refractivity (Wildman–Crippen MR) is 102 cm³/mol. The lowest BCUT2D eigenvalue weighted by Crippen LogP contribution is -2.39. The Bertz CT molecular complexity index is 719. The third kappa shape index (κ3) is 5.04. The molecular formula is C18H24ClN5O. The lowest BCUT2D eigenvalue weighted by atomic mass is 10.2.